The number of likely N-dealkylation sites (N-methyl/N-ethyl adjacent to an activating group) is 1. The third-order valence-corrected chi connectivity index (χ3v) is 4.83. The molecule has 0 radical (unpaired) electrons. The molecule has 0 spiro atoms. The molecule has 0 aromatic heterocycles. The van der Waals surface area contributed by atoms with Crippen LogP contribution in [0.4, 0.5) is 4.79 Å². The number of hydrogen-bond acceptors (Lipinski definition) is 7. The zero-order chi connectivity index (χ0) is 24.3. The smallest absolute Gasteiger partial charge is 0.410 e. The van der Waals surface area contributed by atoms with Crippen LogP contribution in [-0.4, -0.2) is 66.9 Å². The van der Waals surface area contributed by atoms with E-state index in [4.69, 9.17) is 18.9 Å². The number of hydrogen-bond donors (Lipinski definition) is 0. The van der Waals surface area contributed by atoms with E-state index >= 15 is 0 Å². The van der Waals surface area contributed by atoms with Gasteiger partial charge in [0, 0.05) is 14.2 Å². The van der Waals surface area contributed by atoms with Gasteiger partial charge in [-0.15, -0.1) is 0 Å². The van der Waals surface area contributed by atoms with Crippen LogP contribution in [0.5, 0.6) is 0 Å². The first-order valence-corrected chi connectivity index (χ1v) is 10.6. The van der Waals surface area contributed by atoms with Crippen molar-refractivity contribution in [2.75, 3.05) is 20.8 Å². The Morgan fingerprint density at radius 2 is 1.72 bits per heavy atom. The molecule has 0 saturated carbocycles. The number of ether oxygens (including phenoxy) is 4. The summed E-state index contributed by atoms with van der Waals surface area (Å²) in [4.78, 5) is 40.6. The molecule has 0 bridgehead atoms. The van der Waals surface area contributed by atoms with Crippen LogP contribution < -0.4 is 0 Å². The minimum Gasteiger partial charge on any atom is -0.491 e. The molecule has 2 unspecified atom stereocenters. The molecule has 1 aromatic carbocycles. The van der Waals surface area contributed by atoms with Crippen molar-refractivity contribution in [3.8, 4) is 0 Å². The highest BCUT2D eigenvalue weighted by molar-refractivity contribution is 6.35. The summed E-state index contributed by atoms with van der Waals surface area (Å²) in [5.74, 6) is -1.09. The molecule has 8 nitrogen and oxygen atoms in total. The number of esters is 1. The molecule has 0 N–H and O–H groups in total. The summed E-state index contributed by atoms with van der Waals surface area (Å²) >= 11 is 0. The van der Waals surface area contributed by atoms with Crippen molar-refractivity contribution < 1.29 is 33.3 Å². The molecule has 1 aromatic rings. The number of benzene rings is 1. The first kappa shape index (κ1) is 25.4. The molecule has 1 aliphatic carbocycles. The van der Waals surface area contributed by atoms with Gasteiger partial charge in [-0.05, 0) is 47.1 Å². The Bertz CT molecular complexity index is 885. The Hall–Kier alpha value is -2.87. The second-order valence-electron chi connectivity index (χ2n) is 8.75. The quantitative estimate of drug-likeness (QED) is 0.563. The maximum Gasteiger partial charge on any atom is 0.410 e. The molecule has 32 heavy (non-hydrogen) atoms. The Kier molecular flexibility index (Phi) is 7.72. The van der Waals surface area contributed by atoms with E-state index in [1.165, 1.54) is 14.2 Å². The molecule has 0 heterocycles. The molecule has 176 valence electrons. The molecule has 1 aliphatic rings. The highest BCUT2D eigenvalue weighted by Crippen LogP contribution is 2.48. The van der Waals surface area contributed by atoms with Crippen molar-refractivity contribution in [3.63, 3.8) is 0 Å². The van der Waals surface area contributed by atoms with E-state index in [9.17, 15) is 14.4 Å². The summed E-state index contributed by atoms with van der Waals surface area (Å²) < 4.78 is 22.4. The average Bonchev–Trinajstić information content (AvgIpc) is 2.70. The van der Waals surface area contributed by atoms with E-state index < -0.39 is 35.1 Å². The molecule has 0 fully saturated rings. The Morgan fingerprint density at radius 1 is 1.12 bits per heavy atom. The summed E-state index contributed by atoms with van der Waals surface area (Å²) in [6, 6.07) is 7.52. The van der Waals surface area contributed by atoms with Crippen molar-refractivity contribution in [2.45, 2.75) is 64.9 Å². The van der Waals surface area contributed by atoms with Crippen LogP contribution in [0.25, 0.3) is 5.57 Å². The highest BCUT2D eigenvalue weighted by atomic mass is 16.6. The molecule has 0 saturated heterocycles. The lowest BCUT2D eigenvalue weighted by Crippen LogP contribution is -2.68. The van der Waals surface area contributed by atoms with Gasteiger partial charge in [0.05, 0.1) is 18.3 Å². The van der Waals surface area contributed by atoms with Crippen LogP contribution in [0.15, 0.2) is 36.1 Å². The molecule has 2 atom stereocenters. The first-order valence-electron chi connectivity index (χ1n) is 10.6. The minimum absolute atomic E-state index is 0.0567. The summed E-state index contributed by atoms with van der Waals surface area (Å²) in [7, 11) is 2.68. The van der Waals surface area contributed by atoms with Crippen molar-refractivity contribution in [2.24, 2.45) is 0 Å². The van der Waals surface area contributed by atoms with E-state index in [2.05, 4.69) is 0 Å². The van der Waals surface area contributed by atoms with Gasteiger partial charge in [-0.25, -0.2) is 9.59 Å². The van der Waals surface area contributed by atoms with Crippen molar-refractivity contribution in [1.29, 1.82) is 0 Å². The SMILES string of the molecule is CCOC(=O)C(N(C)C(=O)OC(C)(C)C)C1(OC)C(=O)C(c2ccccc2)=C1OC(C)C. The fourth-order valence-corrected chi connectivity index (χ4v) is 3.57. The lowest BCUT2D eigenvalue weighted by atomic mass is 9.69. The first-order chi connectivity index (χ1) is 14.9. The van der Waals surface area contributed by atoms with Crippen LogP contribution in [0.1, 0.15) is 47.1 Å². The van der Waals surface area contributed by atoms with Gasteiger partial charge >= 0.3 is 12.1 Å². The largest absolute Gasteiger partial charge is 0.491 e. The number of Topliss-reactive ketones (excluding diaryl/α,β-unsaturated/α-hetero) is 1. The average molecular weight is 448 g/mol. The maximum absolute atomic E-state index is 13.6. The van der Waals surface area contributed by atoms with E-state index in [0.29, 0.717) is 11.1 Å². The van der Waals surface area contributed by atoms with Crippen LogP contribution in [0.3, 0.4) is 0 Å². The topological polar surface area (TPSA) is 91.4 Å². The standard InChI is InChI=1S/C24H33NO7/c1-9-30-21(27)18(25(7)22(28)32-23(4,5)6)24(29-8)19(26)17(20(24)31-15(2)3)16-13-11-10-12-14-16/h10-15,18H,9H2,1-8H3. The maximum atomic E-state index is 13.6. The molecule has 8 heteroatoms. The molecular weight excluding hydrogens is 414 g/mol. The zero-order valence-electron chi connectivity index (χ0n) is 20.1. The van der Waals surface area contributed by atoms with E-state index in [0.717, 1.165) is 4.90 Å². The third-order valence-electron chi connectivity index (χ3n) is 4.83. The van der Waals surface area contributed by atoms with Gasteiger partial charge in [0.15, 0.2) is 11.8 Å². The Balaban J connectivity index is 2.67. The summed E-state index contributed by atoms with van der Waals surface area (Å²) in [5.41, 5.74) is -1.75. The lowest BCUT2D eigenvalue weighted by molar-refractivity contribution is -0.172. The Morgan fingerprint density at radius 3 is 2.19 bits per heavy atom. The minimum atomic E-state index is -1.87. The number of ketones is 1. The predicted molar refractivity (Wildman–Crippen MR) is 119 cm³/mol. The Labute approximate surface area is 189 Å². The summed E-state index contributed by atoms with van der Waals surface area (Å²) in [6.45, 7) is 10.4. The molecular formula is C24H33NO7. The van der Waals surface area contributed by atoms with Crippen LogP contribution >= 0.6 is 0 Å². The van der Waals surface area contributed by atoms with E-state index in [-0.39, 0.29) is 18.5 Å². The van der Waals surface area contributed by atoms with Gasteiger partial charge in [0.25, 0.3) is 0 Å². The van der Waals surface area contributed by atoms with Crippen molar-refractivity contribution in [3.05, 3.63) is 41.7 Å². The summed E-state index contributed by atoms with van der Waals surface area (Å²) in [5, 5.41) is 0. The van der Waals surface area contributed by atoms with Gasteiger partial charge in [0.1, 0.15) is 5.60 Å². The molecule has 0 aliphatic heterocycles. The number of methoxy groups -OCH3 is 1. The number of amides is 1. The third kappa shape index (κ3) is 4.80. The van der Waals surface area contributed by atoms with Crippen molar-refractivity contribution in [1.82, 2.24) is 4.90 Å². The molecule has 1 amide bonds. The highest BCUT2D eigenvalue weighted by Gasteiger charge is 2.66. The number of carbonyl (C=O) groups is 3. The van der Waals surface area contributed by atoms with E-state index in [1.54, 1.807) is 65.8 Å². The number of nitrogens with zero attached hydrogens (tertiary/aromatic N) is 1. The van der Waals surface area contributed by atoms with Gasteiger partial charge in [-0.1, -0.05) is 30.3 Å². The van der Waals surface area contributed by atoms with Gasteiger partial charge < -0.3 is 18.9 Å². The second kappa shape index (κ2) is 9.73. The normalized spacial score (nSPS) is 19.3. The molecule has 2 rings (SSSR count). The van der Waals surface area contributed by atoms with Crippen LogP contribution in [-0.2, 0) is 28.5 Å². The fourth-order valence-electron chi connectivity index (χ4n) is 3.57. The second-order valence-corrected chi connectivity index (χ2v) is 8.75. The van der Waals surface area contributed by atoms with Gasteiger partial charge in [0.2, 0.25) is 11.4 Å². The van der Waals surface area contributed by atoms with Crippen LogP contribution in [0.2, 0.25) is 0 Å². The fraction of sp³-hybridized carbons (Fsp3) is 0.542. The van der Waals surface area contributed by atoms with Crippen molar-refractivity contribution >= 4 is 23.4 Å². The lowest BCUT2D eigenvalue weighted by Gasteiger charge is -2.48. The predicted octanol–water partition coefficient (Wildman–Crippen LogP) is 3.59. The zero-order valence-corrected chi connectivity index (χ0v) is 20.1. The number of carbonyl (C=O) groups excluding carboxylic acids is 3. The number of rotatable bonds is 8. The summed E-state index contributed by atoms with van der Waals surface area (Å²) in [6.07, 6.45) is -1.11. The van der Waals surface area contributed by atoms with Gasteiger partial charge in [-0.2, -0.15) is 0 Å². The van der Waals surface area contributed by atoms with Crippen LogP contribution in [0, 0.1) is 0 Å². The van der Waals surface area contributed by atoms with Gasteiger partial charge in [-0.3, -0.25) is 9.69 Å². The van der Waals surface area contributed by atoms with E-state index in [1.807, 2.05) is 6.07 Å². The monoisotopic (exact) mass is 447 g/mol.